The molecule has 1 amide bonds. The zero-order chi connectivity index (χ0) is 14.0. The lowest BCUT2D eigenvalue weighted by Gasteiger charge is -2.06. The van der Waals surface area contributed by atoms with Gasteiger partial charge >= 0.3 is 0 Å². The van der Waals surface area contributed by atoms with Gasteiger partial charge in [-0.3, -0.25) is 9.59 Å². The average Bonchev–Trinajstić information content (AvgIpc) is 3.19. The molecule has 1 aromatic rings. The van der Waals surface area contributed by atoms with Crippen LogP contribution in [0.2, 0.25) is 0 Å². The van der Waals surface area contributed by atoms with E-state index >= 15 is 0 Å². The van der Waals surface area contributed by atoms with E-state index in [0.717, 1.165) is 10.0 Å². The van der Waals surface area contributed by atoms with Gasteiger partial charge in [0.05, 0.1) is 6.07 Å². The van der Waals surface area contributed by atoms with Gasteiger partial charge in [-0.25, -0.2) is 0 Å². The predicted octanol–water partition coefficient (Wildman–Crippen LogP) is 2.01. The summed E-state index contributed by atoms with van der Waals surface area (Å²) in [6.07, 6.45) is 0.713. The molecule has 1 N–H and O–H groups in total. The number of hydrogen-bond donors (Lipinski definition) is 1. The second-order valence-electron chi connectivity index (χ2n) is 4.58. The summed E-state index contributed by atoms with van der Waals surface area (Å²) in [6.45, 7) is 0. The van der Waals surface area contributed by atoms with Crippen LogP contribution in [0, 0.1) is 23.2 Å². The molecular formula is C14H13BrN2O2. The summed E-state index contributed by atoms with van der Waals surface area (Å²) in [5.41, 5.74) is 1.07. The van der Waals surface area contributed by atoms with Gasteiger partial charge in [-0.15, -0.1) is 0 Å². The zero-order valence-corrected chi connectivity index (χ0v) is 12.0. The van der Waals surface area contributed by atoms with Crippen LogP contribution in [-0.2, 0) is 9.59 Å². The molecule has 4 nitrogen and oxygen atoms in total. The van der Waals surface area contributed by atoms with E-state index in [4.69, 9.17) is 5.26 Å². The summed E-state index contributed by atoms with van der Waals surface area (Å²) in [4.78, 5) is 23.6. The molecular weight excluding hydrogens is 308 g/mol. The molecule has 0 aromatic heterocycles. The number of nitriles is 1. The topological polar surface area (TPSA) is 70.0 Å². The van der Waals surface area contributed by atoms with E-state index in [1.165, 1.54) is 7.05 Å². The molecule has 1 aliphatic rings. The van der Waals surface area contributed by atoms with E-state index < -0.39 is 11.8 Å². The minimum absolute atomic E-state index is 0.130. The Kier molecular flexibility index (Phi) is 4.01. The molecule has 1 saturated carbocycles. The standard InChI is InChI=1S/C14H13BrN2O2/c1-17-14(19)12(7-16)13(18)11-6-10(11)8-3-2-4-9(15)5-8/h2-5,10-12H,6H2,1H3,(H,17,19). The van der Waals surface area contributed by atoms with Gasteiger partial charge in [-0.05, 0) is 30.0 Å². The molecule has 1 aromatic carbocycles. The Balaban J connectivity index is 2.09. The Morgan fingerprint density at radius 3 is 2.84 bits per heavy atom. The number of benzene rings is 1. The average molecular weight is 321 g/mol. The van der Waals surface area contributed by atoms with Gasteiger partial charge in [0.15, 0.2) is 11.7 Å². The van der Waals surface area contributed by atoms with Crippen molar-refractivity contribution >= 4 is 27.6 Å². The molecule has 1 aliphatic carbocycles. The van der Waals surface area contributed by atoms with Gasteiger partial charge in [-0.2, -0.15) is 5.26 Å². The summed E-state index contributed by atoms with van der Waals surface area (Å²) >= 11 is 3.39. The first-order chi connectivity index (χ1) is 9.08. The van der Waals surface area contributed by atoms with Crippen LogP contribution < -0.4 is 5.32 Å². The SMILES string of the molecule is CNC(=O)C(C#N)C(=O)C1CC1c1cccc(Br)c1. The second kappa shape index (κ2) is 5.54. The van der Waals surface area contributed by atoms with E-state index in [9.17, 15) is 9.59 Å². The first-order valence-corrected chi connectivity index (χ1v) is 6.78. The van der Waals surface area contributed by atoms with Crippen LogP contribution in [-0.4, -0.2) is 18.7 Å². The number of carbonyl (C=O) groups is 2. The van der Waals surface area contributed by atoms with Crippen molar-refractivity contribution in [2.24, 2.45) is 11.8 Å². The van der Waals surface area contributed by atoms with Crippen LogP contribution in [0.15, 0.2) is 28.7 Å². The Hall–Kier alpha value is -1.67. The molecule has 0 heterocycles. The number of hydrogen-bond acceptors (Lipinski definition) is 3. The van der Waals surface area contributed by atoms with Crippen molar-refractivity contribution in [2.45, 2.75) is 12.3 Å². The van der Waals surface area contributed by atoms with Crippen LogP contribution in [0.25, 0.3) is 0 Å². The summed E-state index contributed by atoms with van der Waals surface area (Å²) in [7, 11) is 1.43. The summed E-state index contributed by atoms with van der Waals surface area (Å²) in [5.74, 6) is -2.06. The van der Waals surface area contributed by atoms with Gasteiger partial charge in [-0.1, -0.05) is 28.1 Å². The Labute approximate surface area is 119 Å². The Morgan fingerprint density at radius 2 is 2.26 bits per heavy atom. The number of nitrogens with one attached hydrogen (secondary N) is 1. The second-order valence-corrected chi connectivity index (χ2v) is 5.50. The van der Waals surface area contributed by atoms with Crippen LogP contribution in [0.5, 0.6) is 0 Å². The van der Waals surface area contributed by atoms with Gasteiger partial charge in [0.25, 0.3) is 0 Å². The molecule has 0 saturated heterocycles. The first kappa shape index (κ1) is 13.8. The summed E-state index contributed by atoms with van der Waals surface area (Å²) < 4.78 is 0.964. The molecule has 0 spiro atoms. The molecule has 0 radical (unpaired) electrons. The normalized spacial score (nSPS) is 22.2. The van der Waals surface area contributed by atoms with E-state index in [1.54, 1.807) is 6.07 Å². The van der Waals surface area contributed by atoms with Crippen LogP contribution >= 0.6 is 15.9 Å². The molecule has 0 bridgehead atoms. The highest BCUT2D eigenvalue weighted by molar-refractivity contribution is 9.10. The fraction of sp³-hybridized carbons (Fsp3) is 0.357. The highest BCUT2D eigenvalue weighted by atomic mass is 79.9. The molecule has 19 heavy (non-hydrogen) atoms. The van der Waals surface area contributed by atoms with Crippen molar-refractivity contribution in [3.05, 3.63) is 34.3 Å². The van der Waals surface area contributed by atoms with Crippen molar-refractivity contribution in [1.82, 2.24) is 5.32 Å². The number of ketones is 1. The van der Waals surface area contributed by atoms with Crippen molar-refractivity contribution in [1.29, 1.82) is 5.26 Å². The maximum atomic E-state index is 12.1. The third-order valence-electron chi connectivity index (χ3n) is 3.35. The van der Waals surface area contributed by atoms with Crippen molar-refractivity contribution in [3.63, 3.8) is 0 Å². The van der Waals surface area contributed by atoms with E-state index in [2.05, 4.69) is 21.2 Å². The Morgan fingerprint density at radius 1 is 1.53 bits per heavy atom. The Bertz CT molecular complexity index is 565. The number of nitrogens with zero attached hydrogens (tertiary/aromatic N) is 1. The number of carbonyl (C=O) groups excluding carboxylic acids is 2. The third kappa shape index (κ3) is 2.85. The van der Waals surface area contributed by atoms with Crippen molar-refractivity contribution in [3.8, 4) is 6.07 Å². The monoisotopic (exact) mass is 320 g/mol. The minimum atomic E-state index is -1.19. The van der Waals surface area contributed by atoms with E-state index in [1.807, 2.05) is 24.3 Å². The summed E-state index contributed by atoms with van der Waals surface area (Å²) in [5, 5.41) is 11.3. The van der Waals surface area contributed by atoms with Crippen molar-refractivity contribution < 1.29 is 9.59 Å². The quantitative estimate of drug-likeness (QED) is 0.863. The number of amides is 1. The summed E-state index contributed by atoms with van der Waals surface area (Å²) in [6, 6.07) is 9.56. The number of halogens is 1. The molecule has 3 unspecified atom stereocenters. The molecule has 2 rings (SSSR count). The predicted molar refractivity (Wildman–Crippen MR) is 73.2 cm³/mol. The fourth-order valence-corrected chi connectivity index (χ4v) is 2.64. The van der Waals surface area contributed by atoms with Crippen LogP contribution in [0.1, 0.15) is 17.9 Å². The van der Waals surface area contributed by atoms with Crippen molar-refractivity contribution in [2.75, 3.05) is 7.05 Å². The van der Waals surface area contributed by atoms with E-state index in [-0.39, 0.29) is 17.6 Å². The van der Waals surface area contributed by atoms with Crippen LogP contribution in [0.4, 0.5) is 0 Å². The third-order valence-corrected chi connectivity index (χ3v) is 3.85. The zero-order valence-electron chi connectivity index (χ0n) is 10.4. The lowest BCUT2D eigenvalue weighted by Crippen LogP contribution is -2.33. The van der Waals surface area contributed by atoms with Gasteiger partial charge in [0.1, 0.15) is 0 Å². The highest BCUT2D eigenvalue weighted by Gasteiger charge is 2.47. The lowest BCUT2D eigenvalue weighted by atomic mass is 9.98. The highest BCUT2D eigenvalue weighted by Crippen LogP contribution is 2.49. The first-order valence-electron chi connectivity index (χ1n) is 5.99. The molecule has 0 aliphatic heterocycles. The fourth-order valence-electron chi connectivity index (χ4n) is 2.22. The minimum Gasteiger partial charge on any atom is -0.358 e. The molecule has 5 heteroatoms. The maximum absolute atomic E-state index is 12.1. The largest absolute Gasteiger partial charge is 0.358 e. The molecule has 98 valence electrons. The van der Waals surface area contributed by atoms with Crippen LogP contribution in [0.3, 0.4) is 0 Å². The number of rotatable bonds is 4. The molecule has 3 atom stereocenters. The molecule has 1 fully saturated rings. The van der Waals surface area contributed by atoms with Gasteiger partial charge < -0.3 is 5.32 Å². The van der Waals surface area contributed by atoms with E-state index in [0.29, 0.717) is 6.42 Å². The van der Waals surface area contributed by atoms with Gasteiger partial charge in [0, 0.05) is 17.4 Å². The van der Waals surface area contributed by atoms with Gasteiger partial charge in [0.2, 0.25) is 5.91 Å². The smallest absolute Gasteiger partial charge is 0.244 e. The number of Topliss-reactive ketones (excluding diaryl/α,β-unsaturated/α-hetero) is 1. The maximum Gasteiger partial charge on any atom is 0.244 e. The lowest BCUT2D eigenvalue weighted by molar-refractivity contribution is -0.132.